The van der Waals surface area contributed by atoms with Crippen LogP contribution in [0.25, 0.3) is 11.4 Å². The third kappa shape index (κ3) is 4.32. The second-order valence-electron chi connectivity index (χ2n) is 6.06. The summed E-state index contributed by atoms with van der Waals surface area (Å²) in [5.41, 5.74) is 2.34. The van der Waals surface area contributed by atoms with Crippen LogP contribution in [0.3, 0.4) is 0 Å². The smallest absolute Gasteiger partial charge is 0.240 e. The number of anilines is 2. The Morgan fingerprint density at radius 1 is 1.11 bits per heavy atom. The van der Waals surface area contributed by atoms with Crippen molar-refractivity contribution in [3.05, 3.63) is 48.5 Å². The van der Waals surface area contributed by atoms with Gasteiger partial charge < -0.3 is 9.88 Å². The van der Waals surface area contributed by atoms with E-state index in [9.17, 15) is 8.42 Å². The highest BCUT2D eigenvalue weighted by Crippen LogP contribution is 2.21. The Hall–Kier alpha value is -2.78. The lowest BCUT2D eigenvalue weighted by Crippen LogP contribution is -2.24. The fourth-order valence-corrected chi connectivity index (χ4v) is 3.60. The van der Waals surface area contributed by atoms with Gasteiger partial charge in [-0.2, -0.15) is 0 Å². The van der Waals surface area contributed by atoms with Gasteiger partial charge in [0.2, 0.25) is 16.0 Å². The Labute approximate surface area is 158 Å². The number of hydrogen-bond acceptors (Lipinski definition) is 6. The van der Waals surface area contributed by atoms with Crippen molar-refractivity contribution < 1.29 is 8.42 Å². The molecule has 8 nitrogen and oxygen atoms in total. The van der Waals surface area contributed by atoms with Gasteiger partial charge in [0, 0.05) is 25.5 Å². The van der Waals surface area contributed by atoms with E-state index in [4.69, 9.17) is 0 Å². The van der Waals surface area contributed by atoms with Gasteiger partial charge in [-0.05, 0) is 43.7 Å². The maximum absolute atomic E-state index is 12.1. The summed E-state index contributed by atoms with van der Waals surface area (Å²) in [6, 6.07) is 8.29. The van der Waals surface area contributed by atoms with E-state index in [0.29, 0.717) is 18.2 Å². The van der Waals surface area contributed by atoms with Crippen molar-refractivity contribution in [2.75, 3.05) is 11.9 Å². The molecule has 0 atom stereocenters. The molecule has 0 bridgehead atoms. The van der Waals surface area contributed by atoms with E-state index in [-0.39, 0.29) is 4.90 Å². The average Bonchev–Trinajstić information content (AvgIpc) is 3.00. The molecule has 2 heterocycles. The van der Waals surface area contributed by atoms with Gasteiger partial charge in [0.1, 0.15) is 5.82 Å². The number of rotatable bonds is 7. The third-order valence-electron chi connectivity index (χ3n) is 4.10. The minimum Gasteiger partial charge on any atom is -0.330 e. The molecule has 0 radical (unpaired) electrons. The Balaban J connectivity index is 1.78. The van der Waals surface area contributed by atoms with Gasteiger partial charge in [-0.25, -0.2) is 28.1 Å². The first kappa shape index (κ1) is 19.0. The normalized spacial score (nSPS) is 11.5. The van der Waals surface area contributed by atoms with Crippen LogP contribution in [0.15, 0.2) is 47.6 Å². The van der Waals surface area contributed by atoms with E-state index in [2.05, 4.69) is 25.0 Å². The third-order valence-corrected chi connectivity index (χ3v) is 5.58. The second kappa shape index (κ2) is 7.85. The highest BCUT2D eigenvalue weighted by Gasteiger charge is 2.13. The SMILES string of the molecule is CCCNS(=O)(=O)c1ccc(Nc2nccc(-c3cnc(C)n3C)n2)cc1. The first-order valence-corrected chi connectivity index (χ1v) is 10.1. The zero-order chi connectivity index (χ0) is 19.4. The fourth-order valence-electron chi connectivity index (χ4n) is 2.47. The molecule has 0 aliphatic rings. The largest absolute Gasteiger partial charge is 0.330 e. The molecule has 0 spiro atoms. The minimum atomic E-state index is -3.48. The Bertz CT molecular complexity index is 1030. The van der Waals surface area contributed by atoms with Gasteiger partial charge in [0.15, 0.2) is 0 Å². The molecule has 0 aliphatic heterocycles. The number of aromatic nitrogens is 4. The maximum Gasteiger partial charge on any atom is 0.240 e. The summed E-state index contributed by atoms with van der Waals surface area (Å²) in [6.45, 7) is 4.25. The van der Waals surface area contributed by atoms with Crippen LogP contribution in [0.4, 0.5) is 11.6 Å². The molecule has 2 aromatic heterocycles. The summed E-state index contributed by atoms with van der Waals surface area (Å²) >= 11 is 0. The highest BCUT2D eigenvalue weighted by molar-refractivity contribution is 7.89. The molecule has 0 saturated carbocycles. The van der Waals surface area contributed by atoms with Gasteiger partial charge in [0.25, 0.3) is 0 Å². The van der Waals surface area contributed by atoms with Crippen molar-refractivity contribution in [2.45, 2.75) is 25.2 Å². The second-order valence-corrected chi connectivity index (χ2v) is 7.83. The molecule has 0 amide bonds. The minimum absolute atomic E-state index is 0.224. The van der Waals surface area contributed by atoms with Gasteiger partial charge in [-0.15, -0.1) is 0 Å². The average molecular weight is 386 g/mol. The molecule has 2 N–H and O–H groups in total. The summed E-state index contributed by atoms with van der Waals surface area (Å²) < 4.78 is 28.8. The van der Waals surface area contributed by atoms with Crippen molar-refractivity contribution >= 4 is 21.7 Å². The number of sulfonamides is 1. The maximum atomic E-state index is 12.1. The molecule has 27 heavy (non-hydrogen) atoms. The summed E-state index contributed by atoms with van der Waals surface area (Å²) in [5.74, 6) is 1.32. The number of aryl methyl sites for hydroxylation is 1. The van der Waals surface area contributed by atoms with Gasteiger partial charge in [-0.3, -0.25) is 0 Å². The number of benzene rings is 1. The number of imidazole rings is 1. The molecular weight excluding hydrogens is 364 g/mol. The van der Waals surface area contributed by atoms with Crippen molar-refractivity contribution in [3.8, 4) is 11.4 Å². The van der Waals surface area contributed by atoms with Crippen LogP contribution in [0.1, 0.15) is 19.2 Å². The van der Waals surface area contributed by atoms with E-state index >= 15 is 0 Å². The summed E-state index contributed by atoms with van der Waals surface area (Å²) in [5, 5.41) is 3.10. The van der Waals surface area contributed by atoms with Crippen molar-refractivity contribution in [1.82, 2.24) is 24.2 Å². The molecule has 0 aliphatic carbocycles. The predicted molar refractivity (Wildman–Crippen MR) is 104 cm³/mol. The summed E-state index contributed by atoms with van der Waals surface area (Å²) in [7, 11) is -1.55. The van der Waals surface area contributed by atoms with E-state index < -0.39 is 10.0 Å². The molecule has 0 saturated heterocycles. The van der Waals surface area contributed by atoms with Crippen molar-refractivity contribution in [1.29, 1.82) is 0 Å². The monoisotopic (exact) mass is 386 g/mol. The molecule has 0 unspecified atom stereocenters. The summed E-state index contributed by atoms with van der Waals surface area (Å²) in [4.78, 5) is 13.2. The standard InChI is InChI=1S/C18H22N6O2S/c1-4-10-21-27(25,26)15-7-5-14(6-8-15)22-18-19-11-9-16(23-18)17-12-20-13(2)24(17)3/h5-9,11-12,21H,4,10H2,1-3H3,(H,19,22,23). The zero-order valence-electron chi connectivity index (χ0n) is 15.5. The Morgan fingerprint density at radius 2 is 1.85 bits per heavy atom. The van der Waals surface area contributed by atoms with E-state index in [1.807, 2.05) is 31.5 Å². The van der Waals surface area contributed by atoms with Crippen LogP contribution < -0.4 is 10.0 Å². The molecule has 3 rings (SSSR count). The lowest BCUT2D eigenvalue weighted by Gasteiger charge is -2.09. The van der Waals surface area contributed by atoms with Crippen LogP contribution in [0.5, 0.6) is 0 Å². The first-order chi connectivity index (χ1) is 12.9. The quantitative estimate of drug-likeness (QED) is 0.647. The van der Waals surface area contributed by atoms with E-state index in [0.717, 1.165) is 23.6 Å². The molecular formula is C18H22N6O2S. The predicted octanol–water partition coefficient (Wildman–Crippen LogP) is 2.62. The van der Waals surface area contributed by atoms with Crippen molar-refractivity contribution in [2.24, 2.45) is 7.05 Å². The molecule has 0 fully saturated rings. The Kier molecular flexibility index (Phi) is 5.52. The van der Waals surface area contributed by atoms with E-state index in [1.54, 1.807) is 36.7 Å². The zero-order valence-corrected chi connectivity index (χ0v) is 16.3. The molecule has 142 valence electrons. The van der Waals surface area contributed by atoms with E-state index in [1.165, 1.54) is 0 Å². The van der Waals surface area contributed by atoms with Gasteiger partial charge in [-0.1, -0.05) is 6.92 Å². The highest BCUT2D eigenvalue weighted by atomic mass is 32.2. The van der Waals surface area contributed by atoms with Crippen LogP contribution in [-0.2, 0) is 17.1 Å². The van der Waals surface area contributed by atoms with Crippen LogP contribution >= 0.6 is 0 Å². The molecule has 1 aromatic carbocycles. The van der Waals surface area contributed by atoms with Crippen molar-refractivity contribution in [3.63, 3.8) is 0 Å². The van der Waals surface area contributed by atoms with Crippen LogP contribution in [0, 0.1) is 6.92 Å². The first-order valence-electron chi connectivity index (χ1n) is 8.59. The molecule has 9 heteroatoms. The van der Waals surface area contributed by atoms with Gasteiger partial charge >= 0.3 is 0 Å². The van der Waals surface area contributed by atoms with Gasteiger partial charge in [0.05, 0.1) is 22.5 Å². The fraction of sp³-hybridized carbons (Fsp3) is 0.278. The number of hydrogen-bond donors (Lipinski definition) is 2. The lowest BCUT2D eigenvalue weighted by atomic mass is 10.3. The Morgan fingerprint density at radius 3 is 2.48 bits per heavy atom. The molecule has 3 aromatic rings. The van der Waals surface area contributed by atoms with Crippen LogP contribution in [0.2, 0.25) is 0 Å². The summed E-state index contributed by atoms with van der Waals surface area (Å²) in [6.07, 6.45) is 4.17. The number of nitrogens with one attached hydrogen (secondary N) is 2. The lowest BCUT2D eigenvalue weighted by molar-refractivity contribution is 0.581. The van der Waals surface area contributed by atoms with Crippen LogP contribution in [-0.4, -0.2) is 34.5 Å². The topological polar surface area (TPSA) is 102 Å². The number of nitrogens with zero attached hydrogens (tertiary/aromatic N) is 4.